The van der Waals surface area contributed by atoms with Crippen LogP contribution in [0.3, 0.4) is 0 Å². The molecule has 0 amide bonds. The van der Waals surface area contributed by atoms with Crippen molar-refractivity contribution in [3.63, 3.8) is 0 Å². The molecule has 114 valence electrons. The van der Waals surface area contributed by atoms with E-state index in [2.05, 4.69) is 32.9 Å². The van der Waals surface area contributed by atoms with E-state index in [1.54, 1.807) is 19.9 Å². The van der Waals surface area contributed by atoms with Crippen LogP contribution in [0.25, 0.3) is 0 Å². The second-order valence-electron chi connectivity index (χ2n) is 3.91. The number of anilines is 1. The molecular formula is C14H17IN2O4. The number of aromatic nitrogens is 1. The molecule has 0 bridgehead atoms. The second-order valence-corrected chi connectivity index (χ2v) is 5.07. The maximum absolute atomic E-state index is 11.7. The number of halogens is 1. The minimum atomic E-state index is -0.731. The Labute approximate surface area is 137 Å². The van der Waals surface area contributed by atoms with Gasteiger partial charge in [-0.05, 0) is 55.5 Å². The largest absolute Gasteiger partial charge is 0.462 e. The topological polar surface area (TPSA) is 77.5 Å². The lowest BCUT2D eigenvalue weighted by Gasteiger charge is -2.08. The zero-order valence-corrected chi connectivity index (χ0v) is 14.3. The van der Waals surface area contributed by atoms with E-state index in [-0.39, 0.29) is 18.8 Å². The highest BCUT2D eigenvalue weighted by Crippen LogP contribution is 2.13. The van der Waals surface area contributed by atoms with Crippen LogP contribution in [0.15, 0.2) is 23.9 Å². The molecule has 0 unspecified atom stereocenters. The Kier molecular flexibility index (Phi) is 7.13. The molecule has 1 heterocycles. The maximum atomic E-state index is 11.7. The number of rotatable bonds is 6. The van der Waals surface area contributed by atoms with Gasteiger partial charge in [-0.1, -0.05) is 0 Å². The number of esters is 2. The number of pyridine rings is 1. The van der Waals surface area contributed by atoms with Gasteiger partial charge in [-0.3, -0.25) is 0 Å². The normalized spacial score (nSPS) is 9.71. The van der Waals surface area contributed by atoms with Gasteiger partial charge in [-0.2, -0.15) is 0 Å². The molecule has 0 radical (unpaired) electrons. The van der Waals surface area contributed by atoms with Gasteiger partial charge in [0.25, 0.3) is 0 Å². The maximum Gasteiger partial charge on any atom is 0.347 e. The van der Waals surface area contributed by atoms with Crippen molar-refractivity contribution in [1.82, 2.24) is 4.98 Å². The van der Waals surface area contributed by atoms with Crippen molar-refractivity contribution in [3.8, 4) is 0 Å². The van der Waals surface area contributed by atoms with Gasteiger partial charge in [0.1, 0.15) is 5.82 Å². The standard InChI is InChI=1S/C14H17IN2O4/c1-4-20-13(18)10(14(19)21-5-2)8-16-12-7-6-11(15)9(3)17-12/h6-8H,4-5H2,1-3H3,(H,16,17). The summed E-state index contributed by atoms with van der Waals surface area (Å²) in [6.07, 6.45) is 1.25. The number of carbonyl (C=O) groups excluding carboxylic acids is 2. The summed E-state index contributed by atoms with van der Waals surface area (Å²) in [6.45, 7) is 5.55. The minimum absolute atomic E-state index is 0.177. The van der Waals surface area contributed by atoms with Gasteiger partial charge in [0.05, 0.1) is 18.9 Å². The Hall–Kier alpha value is -1.64. The molecular weight excluding hydrogens is 387 g/mol. The molecule has 6 nitrogen and oxygen atoms in total. The Bertz CT molecular complexity index is 538. The van der Waals surface area contributed by atoms with Crippen molar-refractivity contribution >= 4 is 40.3 Å². The van der Waals surface area contributed by atoms with E-state index in [0.717, 1.165) is 9.26 Å². The smallest absolute Gasteiger partial charge is 0.347 e. The molecule has 1 rings (SSSR count). The monoisotopic (exact) mass is 404 g/mol. The van der Waals surface area contributed by atoms with Crippen LogP contribution in [0, 0.1) is 10.5 Å². The third-order valence-electron chi connectivity index (χ3n) is 2.38. The number of nitrogens with zero attached hydrogens (tertiary/aromatic N) is 1. The second kappa shape index (κ2) is 8.60. The number of ether oxygens (including phenoxy) is 2. The molecule has 0 aliphatic carbocycles. The first kappa shape index (κ1) is 17.4. The molecule has 0 saturated heterocycles. The average Bonchev–Trinajstić information content (AvgIpc) is 2.43. The third-order valence-corrected chi connectivity index (χ3v) is 3.52. The zero-order chi connectivity index (χ0) is 15.8. The lowest BCUT2D eigenvalue weighted by molar-refractivity contribution is -0.146. The molecule has 7 heteroatoms. The molecule has 0 aliphatic heterocycles. The average molecular weight is 404 g/mol. The minimum Gasteiger partial charge on any atom is -0.462 e. The predicted molar refractivity (Wildman–Crippen MR) is 86.7 cm³/mol. The van der Waals surface area contributed by atoms with Crippen molar-refractivity contribution in [2.75, 3.05) is 18.5 Å². The molecule has 0 aromatic carbocycles. The number of aryl methyl sites for hydroxylation is 1. The number of carbonyl (C=O) groups is 2. The van der Waals surface area contributed by atoms with Crippen LogP contribution >= 0.6 is 22.6 Å². The lowest BCUT2D eigenvalue weighted by atomic mass is 10.3. The summed E-state index contributed by atoms with van der Waals surface area (Å²) >= 11 is 2.17. The van der Waals surface area contributed by atoms with Crippen molar-refractivity contribution in [2.45, 2.75) is 20.8 Å². The fourth-order valence-electron chi connectivity index (χ4n) is 1.39. The van der Waals surface area contributed by atoms with E-state index in [1.165, 1.54) is 6.20 Å². The van der Waals surface area contributed by atoms with Gasteiger partial charge in [-0.15, -0.1) is 0 Å². The highest BCUT2D eigenvalue weighted by atomic mass is 127. The van der Waals surface area contributed by atoms with E-state index in [1.807, 2.05) is 13.0 Å². The van der Waals surface area contributed by atoms with Crippen molar-refractivity contribution in [3.05, 3.63) is 33.2 Å². The first-order valence-corrected chi connectivity index (χ1v) is 7.51. The molecule has 21 heavy (non-hydrogen) atoms. The van der Waals surface area contributed by atoms with E-state index in [4.69, 9.17) is 9.47 Å². The summed E-state index contributed by atoms with van der Waals surface area (Å²) in [6, 6.07) is 3.63. The molecule has 1 aromatic heterocycles. The summed E-state index contributed by atoms with van der Waals surface area (Å²) < 4.78 is 10.7. The van der Waals surface area contributed by atoms with Crippen molar-refractivity contribution < 1.29 is 19.1 Å². The Morgan fingerprint density at radius 3 is 2.29 bits per heavy atom. The third kappa shape index (κ3) is 5.33. The van der Waals surface area contributed by atoms with Crippen LogP contribution in [0.2, 0.25) is 0 Å². The SMILES string of the molecule is CCOC(=O)C(=CNc1ccc(I)c(C)n1)C(=O)OCC. The molecule has 0 fully saturated rings. The van der Waals surface area contributed by atoms with Gasteiger partial charge < -0.3 is 14.8 Å². The van der Waals surface area contributed by atoms with Gasteiger partial charge in [0, 0.05) is 9.77 Å². The quantitative estimate of drug-likeness (QED) is 0.258. The van der Waals surface area contributed by atoms with Gasteiger partial charge in [-0.25, -0.2) is 14.6 Å². The number of nitrogens with one attached hydrogen (secondary N) is 1. The van der Waals surface area contributed by atoms with Gasteiger partial charge in [0.15, 0.2) is 5.57 Å². The zero-order valence-electron chi connectivity index (χ0n) is 12.1. The van der Waals surface area contributed by atoms with E-state index >= 15 is 0 Å². The molecule has 0 atom stereocenters. The molecule has 0 saturated carbocycles. The molecule has 0 aliphatic rings. The molecule has 1 aromatic rings. The molecule has 1 N–H and O–H groups in total. The summed E-state index contributed by atoms with van der Waals surface area (Å²) in [4.78, 5) is 27.8. The predicted octanol–water partition coefficient (Wildman–Crippen LogP) is 2.42. The summed E-state index contributed by atoms with van der Waals surface area (Å²) in [5, 5.41) is 2.81. The Balaban J connectivity index is 2.93. The number of hydrogen-bond acceptors (Lipinski definition) is 6. The van der Waals surface area contributed by atoms with Crippen molar-refractivity contribution in [2.24, 2.45) is 0 Å². The van der Waals surface area contributed by atoms with E-state index < -0.39 is 11.9 Å². The van der Waals surface area contributed by atoms with Crippen LogP contribution in [0.4, 0.5) is 5.82 Å². The fourth-order valence-corrected chi connectivity index (χ4v) is 1.69. The van der Waals surface area contributed by atoms with Crippen LogP contribution in [0.1, 0.15) is 19.5 Å². The van der Waals surface area contributed by atoms with Crippen LogP contribution in [-0.2, 0) is 19.1 Å². The summed E-state index contributed by atoms with van der Waals surface area (Å²) in [5.41, 5.74) is 0.652. The highest BCUT2D eigenvalue weighted by Gasteiger charge is 2.20. The molecule has 0 spiro atoms. The summed E-state index contributed by atoms with van der Waals surface area (Å²) in [5.74, 6) is -0.935. The number of hydrogen-bond donors (Lipinski definition) is 1. The Morgan fingerprint density at radius 1 is 1.24 bits per heavy atom. The van der Waals surface area contributed by atoms with Crippen molar-refractivity contribution in [1.29, 1.82) is 0 Å². The highest BCUT2D eigenvalue weighted by molar-refractivity contribution is 14.1. The summed E-state index contributed by atoms with van der Waals surface area (Å²) in [7, 11) is 0. The fraction of sp³-hybridized carbons (Fsp3) is 0.357. The Morgan fingerprint density at radius 2 is 1.81 bits per heavy atom. The van der Waals surface area contributed by atoms with Crippen LogP contribution in [-0.4, -0.2) is 30.1 Å². The van der Waals surface area contributed by atoms with Gasteiger partial charge in [0.2, 0.25) is 0 Å². The van der Waals surface area contributed by atoms with E-state index in [0.29, 0.717) is 5.82 Å². The van der Waals surface area contributed by atoms with E-state index in [9.17, 15) is 9.59 Å². The van der Waals surface area contributed by atoms with Gasteiger partial charge >= 0.3 is 11.9 Å². The van der Waals surface area contributed by atoms with Crippen LogP contribution in [0.5, 0.6) is 0 Å². The first-order chi connectivity index (χ1) is 9.99. The lowest BCUT2D eigenvalue weighted by Crippen LogP contribution is -2.19. The first-order valence-electron chi connectivity index (χ1n) is 6.43. The van der Waals surface area contributed by atoms with Crippen LogP contribution < -0.4 is 5.32 Å².